The molecule has 9 heteroatoms. The summed E-state index contributed by atoms with van der Waals surface area (Å²) in [6.07, 6.45) is 4.33. The van der Waals surface area contributed by atoms with E-state index >= 15 is 0 Å². The number of hydrogen-bond donors (Lipinski definition) is 0. The fourth-order valence-corrected chi connectivity index (χ4v) is 5.57. The molecule has 9 nitrogen and oxygen atoms in total. The predicted molar refractivity (Wildman–Crippen MR) is 159 cm³/mol. The fraction of sp³-hybridized carbons (Fsp3) is 0.242. The molecule has 214 valence electrons. The third kappa shape index (κ3) is 4.87. The molecular weight excluding hydrogens is 534 g/mol. The van der Waals surface area contributed by atoms with Crippen LogP contribution in [0.15, 0.2) is 77.7 Å². The summed E-state index contributed by atoms with van der Waals surface area (Å²) in [6, 6.07) is 20.2. The highest BCUT2D eigenvalue weighted by Gasteiger charge is 2.27. The molecule has 3 aromatic carbocycles. The van der Waals surface area contributed by atoms with Gasteiger partial charge in [0.25, 0.3) is 5.56 Å². The van der Waals surface area contributed by atoms with Gasteiger partial charge in [-0.1, -0.05) is 24.3 Å². The lowest BCUT2D eigenvalue weighted by atomic mass is 9.99. The van der Waals surface area contributed by atoms with Crippen LogP contribution in [0.4, 0.5) is 0 Å². The van der Waals surface area contributed by atoms with E-state index in [-0.39, 0.29) is 23.3 Å². The Morgan fingerprint density at radius 1 is 0.833 bits per heavy atom. The lowest BCUT2D eigenvalue weighted by Gasteiger charge is -2.19. The fourth-order valence-electron chi connectivity index (χ4n) is 5.57. The highest BCUT2D eigenvalue weighted by atomic mass is 16.5. The Morgan fingerprint density at radius 2 is 1.57 bits per heavy atom. The van der Waals surface area contributed by atoms with Crippen molar-refractivity contribution in [2.45, 2.75) is 32.2 Å². The maximum atomic E-state index is 13.7. The lowest BCUT2D eigenvalue weighted by Crippen LogP contribution is -2.24. The summed E-state index contributed by atoms with van der Waals surface area (Å²) in [5.74, 6) is 2.42. The van der Waals surface area contributed by atoms with Crippen molar-refractivity contribution in [3.05, 3.63) is 100 Å². The molecule has 3 heterocycles. The number of carbonyl (C=O) groups excluding carboxylic acids is 1. The van der Waals surface area contributed by atoms with Gasteiger partial charge in [0.15, 0.2) is 28.8 Å². The van der Waals surface area contributed by atoms with Gasteiger partial charge in [-0.2, -0.15) is 0 Å². The van der Waals surface area contributed by atoms with E-state index in [9.17, 15) is 9.59 Å². The molecular formula is C33H31N3O6. The van der Waals surface area contributed by atoms with Gasteiger partial charge in [0, 0.05) is 30.6 Å². The highest BCUT2D eigenvalue weighted by molar-refractivity contribution is 5.98. The monoisotopic (exact) mass is 565 g/mol. The van der Waals surface area contributed by atoms with Gasteiger partial charge in [-0.3, -0.25) is 19.3 Å². The summed E-state index contributed by atoms with van der Waals surface area (Å²) in [4.78, 5) is 31.7. The first-order valence-electron chi connectivity index (χ1n) is 13.8. The zero-order valence-corrected chi connectivity index (χ0v) is 23.8. The third-order valence-electron chi connectivity index (χ3n) is 7.58. The smallest absolute Gasteiger partial charge is 0.282 e. The summed E-state index contributed by atoms with van der Waals surface area (Å²) >= 11 is 0. The van der Waals surface area contributed by atoms with Crippen molar-refractivity contribution in [3.63, 3.8) is 0 Å². The quantitative estimate of drug-likeness (QED) is 0.210. The first kappa shape index (κ1) is 27.1. The predicted octanol–water partition coefficient (Wildman–Crippen LogP) is 5.77. The normalized spacial score (nSPS) is 12.5. The maximum absolute atomic E-state index is 13.7. The Bertz CT molecular complexity index is 1840. The Kier molecular flexibility index (Phi) is 7.39. The summed E-state index contributed by atoms with van der Waals surface area (Å²) in [6.45, 7) is 0.703. The average molecular weight is 566 g/mol. The first-order chi connectivity index (χ1) is 20.5. The van der Waals surface area contributed by atoms with Crippen molar-refractivity contribution in [1.82, 2.24) is 14.3 Å². The van der Waals surface area contributed by atoms with E-state index in [1.54, 1.807) is 56.5 Å². The molecule has 0 saturated heterocycles. The largest absolute Gasteiger partial charge is 0.493 e. The van der Waals surface area contributed by atoms with Gasteiger partial charge < -0.3 is 18.9 Å². The molecule has 0 N–H and O–H groups in total. The van der Waals surface area contributed by atoms with Crippen LogP contribution in [0.3, 0.4) is 0 Å². The molecule has 2 aromatic heterocycles. The molecule has 0 fully saturated rings. The maximum Gasteiger partial charge on any atom is 0.282 e. The van der Waals surface area contributed by atoms with Crippen LogP contribution in [0.2, 0.25) is 0 Å². The van der Waals surface area contributed by atoms with Crippen molar-refractivity contribution in [2.75, 3.05) is 21.3 Å². The van der Waals surface area contributed by atoms with Crippen LogP contribution in [0, 0.1) is 0 Å². The highest BCUT2D eigenvalue weighted by Crippen LogP contribution is 2.39. The second kappa shape index (κ2) is 11.4. The van der Waals surface area contributed by atoms with Crippen LogP contribution in [0.25, 0.3) is 16.6 Å². The zero-order valence-electron chi connectivity index (χ0n) is 23.8. The first-order valence-corrected chi connectivity index (χ1v) is 13.8. The number of Topliss-reactive ketones (excluding diaryl/α,β-unsaturated/α-hetero) is 1. The van der Waals surface area contributed by atoms with Crippen molar-refractivity contribution in [1.29, 1.82) is 0 Å². The molecule has 0 saturated carbocycles. The minimum Gasteiger partial charge on any atom is -0.493 e. The molecule has 0 atom stereocenters. The number of methoxy groups -OCH3 is 3. The van der Waals surface area contributed by atoms with Crippen molar-refractivity contribution in [3.8, 4) is 34.4 Å². The lowest BCUT2D eigenvalue weighted by molar-refractivity contribution is 0.0990. The number of ketones is 1. The molecule has 1 aliphatic rings. The van der Waals surface area contributed by atoms with Crippen LogP contribution in [-0.4, -0.2) is 41.5 Å². The Balaban J connectivity index is 1.30. The molecule has 0 amide bonds. The van der Waals surface area contributed by atoms with Crippen LogP contribution in [0.1, 0.15) is 34.5 Å². The summed E-state index contributed by atoms with van der Waals surface area (Å²) in [5, 5.41) is 0.740. The topological polar surface area (TPSA) is 93.8 Å². The number of benzene rings is 3. The Labute approximate surface area is 242 Å². The van der Waals surface area contributed by atoms with Gasteiger partial charge in [0.1, 0.15) is 11.3 Å². The van der Waals surface area contributed by atoms with E-state index < -0.39 is 0 Å². The number of pyridine rings is 1. The number of aromatic nitrogens is 3. The third-order valence-corrected chi connectivity index (χ3v) is 7.58. The molecule has 0 spiro atoms. The molecule has 5 aromatic rings. The average Bonchev–Trinajstić information content (AvgIpc) is 3.33. The number of nitrogens with zero attached hydrogens (tertiary/aromatic N) is 3. The molecule has 6 rings (SSSR count). The van der Waals surface area contributed by atoms with Gasteiger partial charge in [-0.05, 0) is 61.2 Å². The van der Waals surface area contributed by atoms with E-state index in [0.717, 1.165) is 35.2 Å². The van der Waals surface area contributed by atoms with E-state index in [1.165, 1.54) is 0 Å². The number of fused-ring (bicyclic) bond motifs is 2. The second-order valence-electron chi connectivity index (χ2n) is 10.1. The summed E-state index contributed by atoms with van der Waals surface area (Å²) in [5.41, 5.74) is 2.97. The minimum atomic E-state index is -0.272. The molecule has 42 heavy (non-hydrogen) atoms. The van der Waals surface area contributed by atoms with E-state index in [1.807, 2.05) is 47.1 Å². The van der Waals surface area contributed by atoms with Crippen molar-refractivity contribution in [2.24, 2.45) is 0 Å². The standard InChI is InChI=1S/C33H31N3O6/c1-39-29-18-21(12-13-28(29)42-27-14-15-34-24-20-31(41-3)30(40-2)19-23(24)27)17-26(37)32-25-11-7-8-16-35(25)36(33(32)38)22-9-5-4-6-10-22/h4-6,9-10,12-15,18-20H,7-8,11,16-17H2,1-3H3. The van der Waals surface area contributed by atoms with E-state index in [0.29, 0.717) is 47.2 Å². The van der Waals surface area contributed by atoms with Gasteiger partial charge in [0.05, 0.1) is 38.2 Å². The molecule has 0 aliphatic carbocycles. The van der Waals surface area contributed by atoms with Gasteiger partial charge in [0.2, 0.25) is 0 Å². The van der Waals surface area contributed by atoms with Crippen molar-refractivity contribution >= 4 is 16.7 Å². The van der Waals surface area contributed by atoms with Gasteiger partial charge in [-0.25, -0.2) is 4.68 Å². The number of para-hydroxylation sites is 1. The Hall–Kier alpha value is -5.05. The van der Waals surface area contributed by atoms with Gasteiger partial charge in [-0.15, -0.1) is 0 Å². The number of hydrogen-bond acceptors (Lipinski definition) is 7. The summed E-state index contributed by atoms with van der Waals surface area (Å²) in [7, 11) is 4.70. The molecule has 1 aliphatic heterocycles. The van der Waals surface area contributed by atoms with Crippen LogP contribution in [-0.2, 0) is 19.4 Å². The van der Waals surface area contributed by atoms with Crippen molar-refractivity contribution < 1.29 is 23.7 Å². The number of carbonyl (C=O) groups is 1. The summed E-state index contributed by atoms with van der Waals surface area (Å²) < 4.78 is 26.4. The zero-order chi connectivity index (χ0) is 29.2. The van der Waals surface area contributed by atoms with E-state index in [4.69, 9.17) is 18.9 Å². The minimum absolute atomic E-state index is 0.0624. The molecule has 0 radical (unpaired) electrons. The number of rotatable bonds is 9. The van der Waals surface area contributed by atoms with Gasteiger partial charge >= 0.3 is 0 Å². The van der Waals surface area contributed by atoms with E-state index in [2.05, 4.69) is 4.98 Å². The Morgan fingerprint density at radius 3 is 2.33 bits per heavy atom. The van der Waals surface area contributed by atoms with Crippen LogP contribution in [0.5, 0.6) is 28.7 Å². The van der Waals surface area contributed by atoms with Crippen LogP contribution < -0.4 is 24.5 Å². The second-order valence-corrected chi connectivity index (χ2v) is 10.1. The molecule has 0 unspecified atom stereocenters. The SMILES string of the molecule is COc1cc2nccc(Oc3ccc(CC(=O)c4c5n(n(-c6ccccc6)c4=O)CCCC5)cc3OC)c2cc1OC. The molecule has 0 bridgehead atoms. The van der Waals surface area contributed by atoms with Crippen LogP contribution >= 0.6 is 0 Å². The number of ether oxygens (including phenoxy) is 4.